The number of allylic oxidation sites excluding steroid dienone is 17. The van der Waals surface area contributed by atoms with E-state index in [1.165, 1.54) is 167 Å². The number of carbonyl (C=O) groups excluding carboxylic acids is 2. The summed E-state index contributed by atoms with van der Waals surface area (Å²) in [5.41, 5.74) is 0. The number of likely N-dealkylation sites (N-methyl/N-ethyl adjacent to an activating group) is 1. The number of phosphoric ester groups is 1. The minimum Gasteiger partial charge on any atom is -0.456 e. The predicted octanol–water partition coefficient (Wildman–Crippen LogP) is 23.2. The van der Waals surface area contributed by atoms with E-state index in [9.17, 15) is 19.0 Å². The Bertz CT molecular complexity index is 1860. The van der Waals surface area contributed by atoms with Gasteiger partial charge >= 0.3 is 13.8 Å². The van der Waals surface area contributed by atoms with Crippen LogP contribution in [0.2, 0.25) is 0 Å². The third kappa shape index (κ3) is 66.9. The van der Waals surface area contributed by atoms with Crippen LogP contribution in [0.1, 0.15) is 316 Å². The van der Waals surface area contributed by atoms with Crippen molar-refractivity contribution in [1.82, 2.24) is 5.32 Å². The lowest BCUT2D eigenvalue weighted by Crippen LogP contribution is -2.47. The molecule has 0 rings (SSSR count). The maximum Gasteiger partial charge on any atom is 0.472 e. The molecule has 0 heterocycles. The summed E-state index contributed by atoms with van der Waals surface area (Å²) < 4.78 is 30.8. The van der Waals surface area contributed by atoms with Gasteiger partial charge in [-0.2, -0.15) is 0 Å². The van der Waals surface area contributed by atoms with E-state index in [4.69, 9.17) is 13.8 Å². The standard InChI is InChI=1S/C77H137N2O7P/c1-7-10-13-16-19-22-25-28-30-32-34-36-38-39-41-43-45-47-49-52-55-58-61-64-67-70-77(81)86-75(68-65-62-59-56-53-50-27-24-21-18-15-12-9-3)74(73-85-87(82,83)84-72-71-79(4,5)6)78-76(80)69-66-63-60-57-54-51-48-46-44-42-40-37-35-33-31-29-26-23-20-17-14-11-8-2/h11,14,19-20,22-23,28-31,35,37,42,44,48,51,65,68,74-75H,7-10,12-13,15-18,21,24-27,32-34,36,38-41,43,45-47,49-50,52-64,66-67,69-73H2,1-6H3,(H-,78,80,82,83)/p+1/b14-11-,22-19-,23-20-,30-28-,31-29-,37-35-,44-42-,51-48-,68-65+. The van der Waals surface area contributed by atoms with E-state index in [0.717, 1.165) is 109 Å². The van der Waals surface area contributed by atoms with Gasteiger partial charge in [-0.25, -0.2) is 4.57 Å². The first-order valence-electron chi connectivity index (χ1n) is 36.2. The first kappa shape index (κ1) is 83.7. The molecule has 0 radical (unpaired) electrons. The fourth-order valence-electron chi connectivity index (χ4n) is 10.2. The first-order valence-corrected chi connectivity index (χ1v) is 37.7. The SMILES string of the molecule is CC/C=C\C/C=C\C/C=C\C/C=C\C/C=C\C/C=C\CCCCCCC(=O)NC(COP(=O)(O)OCC[N+](C)(C)C)C(/C=C/CCCCCCCCCCCCC)OC(=O)CCCCCCCCCCCCCCCCC/C=C\C/C=C\CCCCC. The molecule has 0 aliphatic heterocycles. The molecule has 0 aliphatic carbocycles. The lowest BCUT2D eigenvalue weighted by molar-refractivity contribution is -0.870. The van der Waals surface area contributed by atoms with Gasteiger partial charge in [-0.15, -0.1) is 0 Å². The quantitative estimate of drug-likeness (QED) is 0.0205. The van der Waals surface area contributed by atoms with Crippen molar-refractivity contribution in [2.24, 2.45) is 0 Å². The molecule has 9 nitrogen and oxygen atoms in total. The van der Waals surface area contributed by atoms with E-state index in [2.05, 4.69) is 123 Å². The summed E-state index contributed by atoms with van der Waals surface area (Å²) in [7, 11) is 1.47. The average Bonchev–Trinajstić information content (AvgIpc) is 3.69. The summed E-state index contributed by atoms with van der Waals surface area (Å²) in [6, 6.07) is -0.870. The van der Waals surface area contributed by atoms with Gasteiger partial charge in [0.25, 0.3) is 0 Å². The molecule has 0 spiro atoms. The third-order valence-corrected chi connectivity index (χ3v) is 16.7. The Hall–Kier alpha value is -3.33. The van der Waals surface area contributed by atoms with E-state index in [-0.39, 0.29) is 31.5 Å². The molecule has 3 atom stereocenters. The Balaban J connectivity index is 5.14. The number of unbranched alkanes of at least 4 members (excludes halogenated alkanes) is 33. The Morgan fingerprint density at radius 3 is 1.13 bits per heavy atom. The highest BCUT2D eigenvalue weighted by atomic mass is 31.2. The molecule has 10 heteroatoms. The third-order valence-electron chi connectivity index (χ3n) is 15.7. The van der Waals surface area contributed by atoms with Gasteiger partial charge in [0.05, 0.1) is 33.8 Å². The summed E-state index contributed by atoms with van der Waals surface area (Å²) in [6.45, 7) is 6.88. The summed E-state index contributed by atoms with van der Waals surface area (Å²) in [4.78, 5) is 37.9. The average molecular weight is 1230 g/mol. The molecule has 1 amide bonds. The Labute approximate surface area is 538 Å². The van der Waals surface area contributed by atoms with Crippen molar-refractivity contribution >= 4 is 19.7 Å². The number of hydrogen-bond donors (Lipinski definition) is 2. The van der Waals surface area contributed by atoms with E-state index in [0.29, 0.717) is 23.9 Å². The van der Waals surface area contributed by atoms with Gasteiger partial charge in [-0.05, 0) is 115 Å². The number of nitrogens with zero attached hydrogens (tertiary/aromatic N) is 1. The van der Waals surface area contributed by atoms with Crippen molar-refractivity contribution in [1.29, 1.82) is 0 Å². The number of ether oxygens (including phenoxy) is 1. The molecule has 87 heavy (non-hydrogen) atoms. The molecule has 0 saturated carbocycles. The minimum absolute atomic E-state index is 0.0306. The molecular weight excluding hydrogens is 1100 g/mol. The summed E-state index contributed by atoms with van der Waals surface area (Å²) in [5.74, 6) is -0.530. The van der Waals surface area contributed by atoms with Crippen molar-refractivity contribution in [2.45, 2.75) is 328 Å². The second kappa shape index (κ2) is 65.6. The van der Waals surface area contributed by atoms with Crippen LogP contribution in [0.4, 0.5) is 0 Å². The largest absolute Gasteiger partial charge is 0.472 e. The number of esters is 1. The molecule has 0 saturated heterocycles. The number of hydrogen-bond acceptors (Lipinski definition) is 6. The van der Waals surface area contributed by atoms with Crippen LogP contribution in [-0.2, 0) is 27.9 Å². The Morgan fingerprint density at radius 2 is 0.736 bits per heavy atom. The number of quaternary nitrogens is 1. The molecule has 0 aromatic rings. The summed E-state index contributed by atoms with van der Waals surface area (Å²) in [5, 5.41) is 3.06. The molecule has 0 fully saturated rings. The molecule has 0 aromatic carbocycles. The van der Waals surface area contributed by atoms with E-state index >= 15 is 0 Å². The van der Waals surface area contributed by atoms with Gasteiger partial charge in [0.15, 0.2) is 0 Å². The zero-order chi connectivity index (χ0) is 63.5. The van der Waals surface area contributed by atoms with Crippen LogP contribution >= 0.6 is 7.82 Å². The smallest absolute Gasteiger partial charge is 0.456 e. The van der Waals surface area contributed by atoms with Gasteiger partial charge in [0, 0.05) is 12.8 Å². The number of amides is 1. The Morgan fingerprint density at radius 1 is 0.414 bits per heavy atom. The van der Waals surface area contributed by atoms with Gasteiger partial charge in [-0.1, -0.05) is 297 Å². The van der Waals surface area contributed by atoms with Crippen LogP contribution in [0.25, 0.3) is 0 Å². The van der Waals surface area contributed by atoms with Gasteiger partial charge in [0.1, 0.15) is 19.3 Å². The lowest BCUT2D eigenvalue weighted by Gasteiger charge is -2.27. The first-order chi connectivity index (χ1) is 42.4. The highest BCUT2D eigenvalue weighted by Crippen LogP contribution is 2.43. The number of carbonyl (C=O) groups is 2. The molecule has 0 aromatic heterocycles. The lowest BCUT2D eigenvalue weighted by atomic mass is 10.0. The monoisotopic (exact) mass is 1230 g/mol. The second-order valence-electron chi connectivity index (χ2n) is 25.4. The second-order valence-corrected chi connectivity index (χ2v) is 26.8. The van der Waals surface area contributed by atoms with Crippen molar-refractivity contribution in [2.75, 3.05) is 40.9 Å². The number of phosphoric acid groups is 1. The minimum atomic E-state index is -4.47. The molecule has 502 valence electrons. The van der Waals surface area contributed by atoms with Crippen molar-refractivity contribution in [3.8, 4) is 0 Å². The van der Waals surface area contributed by atoms with Crippen molar-refractivity contribution in [3.63, 3.8) is 0 Å². The highest BCUT2D eigenvalue weighted by molar-refractivity contribution is 7.47. The zero-order valence-corrected chi connectivity index (χ0v) is 58.4. The molecule has 2 N–H and O–H groups in total. The van der Waals surface area contributed by atoms with Crippen LogP contribution in [0.5, 0.6) is 0 Å². The number of rotatable bonds is 65. The fourth-order valence-corrected chi connectivity index (χ4v) is 10.9. The van der Waals surface area contributed by atoms with E-state index in [1.807, 2.05) is 33.3 Å². The normalized spacial score (nSPS) is 14.1. The zero-order valence-electron chi connectivity index (χ0n) is 57.5. The van der Waals surface area contributed by atoms with Gasteiger partial charge < -0.3 is 19.4 Å². The molecule has 3 unspecified atom stereocenters. The number of nitrogens with one attached hydrogen (secondary N) is 1. The van der Waals surface area contributed by atoms with E-state index < -0.39 is 20.0 Å². The Kier molecular flexibility index (Phi) is 63.1. The fraction of sp³-hybridized carbons (Fsp3) is 0.740. The van der Waals surface area contributed by atoms with Crippen LogP contribution in [0.3, 0.4) is 0 Å². The topological polar surface area (TPSA) is 111 Å². The van der Waals surface area contributed by atoms with Crippen molar-refractivity contribution < 1.29 is 37.3 Å². The van der Waals surface area contributed by atoms with Crippen molar-refractivity contribution in [3.05, 3.63) is 109 Å². The maximum absolute atomic E-state index is 13.6. The van der Waals surface area contributed by atoms with Crippen LogP contribution in [0, 0.1) is 0 Å². The molecule has 0 aliphatic rings. The predicted molar refractivity (Wildman–Crippen MR) is 378 cm³/mol. The molecular formula is C77H138N2O7P+. The van der Waals surface area contributed by atoms with Crippen LogP contribution in [0.15, 0.2) is 109 Å². The highest BCUT2D eigenvalue weighted by Gasteiger charge is 2.30. The van der Waals surface area contributed by atoms with Crippen LogP contribution < -0.4 is 5.32 Å². The van der Waals surface area contributed by atoms with Gasteiger partial charge in [-0.3, -0.25) is 18.6 Å². The van der Waals surface area contributed by atoms with Crippen LogP contribution in [-0.4, -0.2) is 74.3 Å². The van der Waals surface area contributed by atoms with Gasteiger partial charge in [0.2, 0.25) is 5.91 Å². The molecule has 0 bridgehead atoms. The van der Waals surface area contributed by atoms with E-state index in [1.54, 1.807) is 0 Å². The summed E-state index contributed by atoms with van der Waals surface area (Å²) >= 11 is 0. The maximum atomic E-state index is 13.6. The summed E-state index contributed by atoms with van der Waals surface area (Å²) in [6.07, 6.45) is 91.0.